The number of nitrogens with one attached hydrogen (secondary N) is 3. The van der Waals surface area contributed by atoms with E-state index in [4.69, 9.17) is 9.15 Å². The summed E-state index contributed by atoms with van der Waals surface area (Å²) >= 11 is 0. The average molecular weight is 359 g/mol. The summed E-state index contributed by atoms with van der Waals surface area (Å²) in [6.07, 6.45) is 1.56. The van der Waals surface area contributed by atoms with Crippen LogP contribution in [0.1, 0.15) is 30.0 Å². The highest BCUT2D eigenvalue weighted by Crippen LogP contribution is 2.17. The molecule has 8 heteroatoms. The summed E-state index contributed by atoms with van der Waals surface area (Å²) in [7, 11) is 0. The lowest BCUT2D eigenvalue weighted by Crippen LogP contribution is -2.44. The van der Waals surface area contributed by atoms with Gasteiger partial charge in [-0.25, -0.2) is 9.59 Å². The van der Waals surface area contributed by atoms with Crippen molar-refractivity contribution >= 4 is 23.6 Å². The lowest BCUT2D eigenvalue weighted by Gasteiger charge is -2.11. The second-order valence-corrected chi connectivity index (χ2v) is 5.73. The van der Waals surface area contributed by atoms with Gasteiger partial charge in [-0.05, 0) is 38.1 Å². The van der Waals surface area contributed by atoms with Crippen LogP contribution in [0.2, 0.25) is 0 Å². The zero-order valence-electron chi connectivity index (χ0n) is 14.6. The Morgan fingerprint density at radius 2 is 1.88 bits per heavy atom. The number of para-hydroxylation sites is 1. The Bertz CT molecular complexity index is 756. The molecule has 2 aromatic rings. The monoisotopic (exact) mass is 359 g/mol. The molecule has 1 heterocycles. The van der Waals surface area contributed by atoms with Crippen molar-refractivity contribution in [2.24, 2.45) is 0 Å². The number of hydrogen-bond acceptors (Lipinski definition) is 6. The number of carbonyl (C=O) groups excluding carboxylic acids is 3. The minimum Gasteiger partial charge on any atom is -0.467 e. The van der Waals surface area contributed by atoms with Crippen LogP contribution in [0.3, 0.4) is 0 Å². The van der Waals surface area contributed by atoms with Crippen LogP contribution < -0.4 is 16.0 Å². The number of benzene rings is 1. The lowest BCUT2D eigenvalue weighted by molar-refractivity contribution is -0.123. The van der Waals surface area contributed by atoms with E-state index in [1.165, 1.54) is 0 Å². The highest BCUT2D eigenvalue weighted by molar-refractivity contribution is 5.99. The van der Waals surface area contributed by atoms with E-state index in [1.54, 1.807) is 56.5 Å². The van der Waals surface area contributed by atoms with Crippen molar-refractivity contribution < 1.29 is 23.5 Å². The summed E-state index contributed by atoms with van der Waals surface area (Å²) in [5.74, 6) is -0.673. The molecule has 1 aromatic heterocycles. The smallest absolute Gasteiger partial charge is 0.340 e. The Morgan fingerprint density at radius 1 is 1.12 bits per heavy atom. The molecule has 8 nitrogen and oxygen atoms in total. The number of urea groups is 1. The Morgan fingerprint density at radius 3 is 2.58 bits per heavy atom. The van der Waals surface area contributed by atoms with E-state index in [-0.39, 0.29) is 11.6 Å². The number of furan rings is 1. The van der Waals surface area contributed by atoms with Crippen molar-refractivity contribution in [1.82, 2.24) is 10.6 Å². The molecule has 26 heavy (non-hydrogen) atoms. The quantitative estimate of drug-likeness (QED) is 0.654. The maximum Gasteiger partial charge on any atom is 0.340 e. The van der Waals surface area contributed by atoms with Gasteiger partial charge in [0.15, 0.2) is 6.61 Å². The fourth-order valence-electron chi connectivity index (χ4n) is 2.08. The molecule has 0 aliphatic heterocycles. The molecule has 0 atom stereocenters. The molecule has 2 rings (SSSR count). The number of esters is 1. The zero-order chi connectivity index (χ0) is 18.9. The van der Waals surface area contributed by atoms with Crippen molar-refractivity contribution in [3.63, 3.8) is 0 Å². The topological polar surface area (TPSA) is 110 Å². The van der Waals surface area contributed by atoms with E-state index in [0.29, 0.717) is 18.0 Å². The number of amides is 3. The molecule has 0 aliphatic carbocycles. The third-order valence-corrected chi connectivity index (χ3v) is 3.19. The van der Waals surface area contributed by atoms with E-state index in [0.717, 1.165) is 0 Å². The first-order valence-corrected chi connectivity index (χ1v) is 8.08. The maximum absolute atomic E-state index is 12.2. The summed E-state index contributed by atoms with van der Waals surface area (Å²) < 4.78 is 10.2. The van der Waals surface area contributed by atoms with E-state index in [1.807, 2.05) is 0 Å². The summed E-state index contributed by atoms with van der Waals surface area (Å²) in [6.45, 7) is 3.36. The third kappa shape index (κ3) is 5.97. The lowest BCUT2D eigenvalue weighted by atomic mass is 10.2. The highest BCUT2D eigenvalue weighted by atomic mass is 16.5. The molecule has 0 fully saturated rings. The minimum absolute atomic E-state index is 0.113. The number of ether oxygens (including phenoxy) is 1. The predicted molar refractivity (Wildman–Crippen MR) is 94.6 cm³/mol. The second-order valence-electron chi connectivity index (χ2n) is 5.73. The Balaban J connectivity index is 1.88. The van der Waals surface area contributed by atoms with Crippen molar-refractivity contribution in [3.8, 4) is 0 Å². The van der Waals surface area contributed by atoms with Gasteiger partial charge in [0.05, 0.1) is 18.4 Å². The second kappa shape index (κ2) is 9.26. The molecule has 0 saturated heterocycles. The van der Waals surface area contributed by atoms with Crippen molar-refractivity contribution in [2.75, 3.05) is 11.9 Å². The van der Waals surface area contributed by atoms with Crippen LogP contribution in [0.15, 0.2) is 47.1 Å². The molecule has 138 valence electrons. The van der Waals surface area contributed by atoms with Gasteiger partial charge >= 0.3 is 12.0 Å². The van der Waals surface area contributed by atoms with Crippen LogP contribution in [-0.2, 0) is 16.1 Å². The largest absolute Gasteiger partial charge is 0.467 e. The summed E-state index contributed by atoms with van der Waals surface area (Å²) in [5, 5.41) is 7.66. The van der Waals surface area contributed by atoms with Crippen LogP contribution in [0.25, 0.3) is 0 Å². The standard InChI is InChI=1S/C18H21N3O5/c1-12(2)20-18(24)21-16(22)11-26-17(23)14-7-3-4-8-15(14)19-10-13-6-5-9-25-13/h3-9,12,19H,10-11H2,1-2H3,(H2,20,21,22,24). The number of hydrogen-bond donors (Lipinski definition) is 3. The number of rotatable bonds is 7. The summed E-state index contributed by atoms with van der Waals surface area (Å²) in [4.78, 5) is 35.3. The van der Waals surface area contributed by atoms with Crippen molar-refractivity contribution in [1.29, 1.82) is 0 Å². The van der Waals surface area contributed by atoms with Crippen LogP contribution in [0.5, 0.6) is 0 Å². The van der Waals surface area contributed by atoms with E-state index >= 15 is 0 Å². The molecule has 0 unspecified atom stereocenters. The Kier molecular flexibility index (Phi) is 6.78. The minimum atomic E-state index is -0.711. The van der Waals surface area contributed by atoms with E-state index in [9.17, 15) is 14.4 Å². The zero-order valence-corrected chi connectivity index (χ0v) is 14.6. The highest BCUT2D eigenvalue weighted by Gasteiger charge is 2.15. The van der Waals surface area contributed by atoms with Crippen molar-refractivity contribution in [3.05, 3.63) is 54.0 Å². The van der Waals surface area contributed by atoms with Gasteiger partial charge in [-0.1, -0.05) is 12.1 Å². The Labute approximate surface area is 150 Å². The molecule has 0 radical (unpaired) electrons. The van der Waals surface area contributed by atoms with Crippen molar-refractivity contribution in [2.45, 2.75) is 26.4 Å². The maximum atomic E-state index is 12.2. The van der Waals surface area contributed by atoms with Gasteiger partial charge in [0.25, 0.3) is 5.91 Å². The molecule has 3 N–H and O–H groups in total. The molecule has 3 amide bonds. The van der Waals surface area contributed by atoms with Crippen LogP contribution in [0.4, 0.5) is 10.5 Å². The first-order valence-electron chi connectivity index (χ1n) is 8.08. The predicted octanol–water partition coefficient (Wildman–Crippen LogP) is 2.28. The van der Waals surface area contributed by atoms with Gasteiger partial charge in [-0.15, -0.1) is 0 Å². The molecular weight excluding hydrogens is 338 g/mol. The number of carbonyl (C=O) groups is 3. The molecule has 0 aliphatic rings. The van der Waals surface area contributed by atoms with Gasteiger partial charge < -0.3 is 19.8 Å². The third-order valence-electron chi connectivity index (χ3n) is 3.19. The van der Waals surface area contributed by atoms with Crippen LogP contribution >= 0.6 is 0 Å². The molecule has 0 spiro atoms. The Hall–Kier alpha value is -3.29. The van der Waals surface area contributed by atoms with Gasteiger partial charge in [0.1, 0.15) is 5.76 Å². The van der Waals surface area contributed by atoms with Crippen LogP contribution in [0, 0.1) is 0 Å². The van der Waals surface area contributed by atoms with Gasteiger partial charge in [0.2, 0.25) is 0 Å². The summed E-state index contributed by atoms with van der Waals surface area (Å²) in [6, 6.07) is 9.58. The fourth-order valence-corrected chi connectivity index (χ4v) is 2.08. The molecular formula is C18H21N3O5. The van der Waals surface area contributed by atoms with Gasteiger partial charge in [-0.2, -0.15) is 0 Å². The molecule has 0 saturated carbocycles. The average Bonchev–Trinajstić information content (AvgIpc) is 3.11. The number of imide groups is 1. The normalized spacial score (nSPS) is 10.3. The first-order chi connectivity index (χ1) is 12.5. The summed E-state index contributed by atoms with van der Waals surface area (Å²) in [5.41, 5.74) is 0.824. The van der Waals surface area contributed by atoms with E-state index < -0.39 is 24.5 Å². The first kappa shape index (κ1) is 19.0. The molecule has 1 aromatic carbocycles. The number of anilines is 1. The fraction of sp³-hybridized carbons (Fsp3) is 0.278. The van der Waals surface area contributed by atoms with Crippen LogP contribution in [-0.4, -0.2) is 30.6 Å². The van der Waals surface area contributed by atoms with Gasteiger partial charge in [-0.3, -0.25) is 10.1 Å². The molecule has 0 bridgehead atoms. The SMILES string of the molecule is CC(C)NC(=O)NC(=O)COC(=O)c1ccccc1NCc1ccco1. The van der Waals surface area contributed by atoms with Gasteiger partial charge in [0, 0.05) is 11.7 Å². The van der Waals surface area contributed by atoms with E-state index in [2.05, 4.69) is 16.0 Å².